The van der Waals surface area contributed by atoms with Crippen molar-refractivity contribution in [2.75, 3.05) is 0 Å². The fourth-order valence-electron chi connectivity index (χ4n) is 12.1. The van der Waals surface area contributed by atoms with Gasteiger partial charge in [-0.3, -0.25) is 0 Å². The molecule has 0 aliphatic heterocycles. The second kappa shape index (κ2) is 33.7. The molecular weight excluding hydrogens is 1360 g/mol. The first kappa shape index (κ1) is 75.9. The van der Waals surface area contributed by atoms with Crippen molar-refractivity contribution in [2.45, 2.75) is 132 Å². The molecule has 12 heteroatoms. The molecule has 4 atom stereocenters. The van der Waals surface area contributed by atoms with E-state index in [1.165, 1.54) is 0 Å². The molecule has 12 aromatic carbocycles. The topological polar surface area (TPSA) is 73.8 Å². The number of rotatable bonds is 22. The molecule has 0 spiro atoms. The van der Waals surface area contributed by atoms with Crippen LogP contribution >= 0.6 is 33.5 Å². The van der Waals surface area contributed by atoms with Gasteiger partial charge in [0.2, 0.25) is 0 Å². The molecule has 12 aromatic rings. The molecule has 0 aromatic heterocycles. The van der Waals surface area contributed by atoms with Gasteiger partial charge in [-0.05, 0) is 191 Å². The van der Waals surface area contributed by atoms with E-state index in [1.807, 2.05) is 158 Å². The normalized spacial score (nSPS) is 12.8. The Morgan fingerprint density at radius 3 is 0.654 bits per heavy atom. The summed E-state index contributed by atoms with van der Waals surface area (Å²) in [6.07, 6.45) is 0. The molecule has 4 unspecified atom stereocenters. The first-order valence-electron chi connectivity index (χ1n) is 35.4. The van der Waals surface area contributed by atoms with Gasteiger partial charge in [0.15, 0.2) is 0 Å². The van der Waals surface area contributed by atoms with Crippen molar-refractivity contribution in [2.24, 2.45) is 0 Å². The lowest BCUT2D eigenvalue weighted by atomic mass is 9.86. The standard InChI is InChI=1S/C48H52O4P2.C44H44O4P2/c1-33-29-35(3)45(51-53(37-21-13-11-14-22-37)49-43-27-19-17-25-41(43)47(5,6)7)39(31-33)40-32-34(2)30-36(4)46(40)52-54(38-23-15-12-16-24-38)50-44-28-20-18-26-42(44)48(8,9)10;1-43(2,3)37-27-15-19-31-41(37)47-49(33-21-9-7-10-22-33)45-39-29-17-13-25-35(39)36-26-14-18-30-40(36)46-50(34-23-11-8-12-24-34)48-42-32-20-16-28-38(42)44(4,5)6/h11-32H,1-10H3;7-32H,1-6H3. The quantitative estimate of drug-likeness (QED) is 0.0622. The van der Waals surface area contributed by atoms with E-state index in [2.05, 4.69) is 244 Å². The van der Waals surface area contributed by atoms with E-state index in [0.29, 0.717) is 11.5 Å². The van der Waals surface area contributed by atoms with Crippen LogP contribution in [0.15, 0.2) is 291 Å². The molecule has 0 bridgehead atoms. The van der Waals surface area contributed by atoms with Crippen LogP contribution in [0.3, 0.4) is 0 Å². The lowest BCUT2D eigenvalue weighted by Crippen LogP contribution is -2.16. The van der Waals surface area contributed by atoms with Gasteiger partial charge in [0.1, 0.15) is 46.0 Å². The zero-order valence-corrected chi connectivity index (χ0v) is 66.3. The monoisotopic (exact) mass is 1450 g/mol. The molecule has 0 heterocycles. The lowest BCUT2D eigenvalue weighted by molar-refractivity contribution is 0.477. The highest BCUT2D eigenvalue weighted by molar-refractivity contribution is 7.57. The number of hydrogen-bond acceptors (Lipinski definition) is 8. The SMILES string of the molecule is CC(C)(C)c1ccccc1OP(Oc1ccccc1-c1ccccc1OP(Oc1ccccc1C(C)(C)C)c1ccccc1)c1ccccc1.Cc1cc(C)c(OP(Oc2ccccc2C(C)(C)C)c2ccccc2)c(-c2cc(C)cc(C)c2OP(Oc2ccccc2C(C)(C)C)c2ccccc2)c1. The maximum absolute atomic E-state index is 7.18. The summed E-state index contributed by atoms with van der Waals surface area (Å²) in [6.45, 7) is 34.9. The summed E-state index contributed by atoms with van der Waals surface area (Å²) in [7, 11) is -6.28. The van der Waals surface area contributed by atoms with E-state index in [-0.39, 0.29) is 21.7 Å². The summed E-state index contributed by atoms with van der Waals surface area (Å²) in [6, 6.07) is 98.8. The van der Waals surface area contributed by atoms with Crippen molar-refractivity contribution >= 4 is 54.7 Å². The largest absolute Gasteiger partial charge is 0.435 e. The Bertz CT molecular complexity index is 4510. The van der Waals surface area contributed by atoms with Crippen LogP contribution in [0.2, 0.25) is 0 Å². The molecule has 0 radical (unpaired) electrons. The summed E-state index contributed by atoms with van der Waals surface area (Å²) < 4.78 is 55.7. The van der Waals surface area contributed by atoms with Gasteiger partial charge in [0.25, 0.3) is 0 Å². The Hall–Kier alpha value is -9.24. The number of aryl methyl sites for hydroxylation is 4. The second-order valence-corrected chi connectivity index (χ2v) is 35.6. The number of hydrogen-bond donors (Lipinski definition) is 0. The smallest absolute Gasteiger partial charge is 0.326 e. The first-order valence-corrected chi connectivity index (χ1v) is 40.1. The van der Waals surface area contributed by atoms with Crippen LogP contribution in [0.4, 0.5) is 0 Å². The van der Waals surface area contributed by atoms with Crippen LogP contribution in [0.1, 0.15) is 128 Å². The van der Waals surface area contributed by atoms with Crippen molar-refractivity contribution in [3.05, 3.63) is 336 Å². The summed E-state index contributed by atoms with van der Waals surface area (Å²) in [5, 5.41) is 3.92. The molecule has 12 rings (SSSR count). The van der Waals surface area contributed by atoms with Gasteiger partial charge in [-0.1, -0.05) is 277 Å². The van der Waals surface area contributed by atoms with Gasteiger partial charge in [0.05, 0.1) is 21.2 Å². The Morgan fingerprint density at radius 1 is 0.202 bits per heavy atom. The third-order valence-electron chi connectivity index (χ3n) is 17.3. The van der Waals surface area contributed by atoms with E-state index in [1.54, 1.807) is 0 Å². The second-order valence-electron chi connectivity index (χ2n) is 30.0. The number of benzene rings is 12. The van der Waals surface area contributed by atoms with Gasteiger partial charge >= 0.3 is 33.5 Å². The minimum Gasteiger partial charge on any atom is -0.435 e. The molecule has 0 N–H and O–H groups in total. The van der Waals surface area contributed by atoms with Crippen LogP contribution in [0.5, 0.6) is 46.0 Å². The maximum atomic E-state index is 7.18. The van der Waals surface area contributed by atoms with Crippen LogP contribution in [-0.2, 0) is 21.7 Å². The predicted molar refractivity (Wildman–Crippen MR) is 440 cm³/mol. The fourth-order valence-corrected chi connectivity index (χ4v) is 17.6. The highest BCUT2D eigenvalue weighted by atomic mass is 31.2. The molecule has 0 saturated carbocycles. The zero-order chi connectivity index (χ0) is 73.8. The molecule has 0 amide bonds. The van der Waals surface area contributed by atoms with Crippen LogP contribution < -0.4 is 57.4 Å². The van der Waals surface area contributed by atoms with E-state index in [4.69, 9.17) is 36.2 Å². The summed E-state index contributed by atoms with van der Waals surface area (Å²) in [4.78, 5) is 0. The molecule has 104 heavy (non-hydrogen) atoms. The Labute approximate surface area is 623 Å². The highest BCUT2D eigenvalue weighted by Gasteiger charge is 2.32. The minimum absolute atomic E-state index is 0.102. The Balaban J connectivity index is 0.000000209. The van der Waals surface area contributed by atoms with E-state index < -0.39 is 33.5 Å². The van der Waals surface area contributed by atoms with Crippen LogP contribution in [-0.4, -0.2) is 0 Å². The molecule has 0 aliphatic carbocycles. The summed E-state index contributed by atoms with van der Waals surface area (Å²) in [5.41, 5.74) is 12.1. The van der Waals surface area contributed by atoms with Gasteiger partial charge < -0.3 is 36.2 Å². The molecule has 8 nitrogen and oxygen atoms in total. The molecule has 0 fully saturated rings. The van der Waals surface area contributed by atoms with Gasteiger partial charge in [-0.2, -0.15) is 0 Å². The van der Waals surface area contributed by atoms with Crippen molar-refractivity contribution < 1.29 is 36.2 Å². The van der Waals surface area contributed by atoms with Gasteiger partial charge in [-0.15, -0.1) is 0 Å². The van der Waals surface area contributed by atoms with Gasteiger partial charge in [-0.25, -0.2) is 0 Å². The third kappa shape index (κ3) is 19.4. The van der Waals surface area contributed by atoms with Crippen LogP contribution in [0.25, 0.3) is 22.3 Å². The first-order chi connectivity index (χ1) is 49.8. The Kier molecular flexibility index (Phi) is 24.6. The Morgan fingerprint density at radius 2 is 0.404 bits per heavy atom. The molecular formula is C92H96O8P4. The van der Waals surface area contributed by atoms with Crippen molar-refractivity contribution in [1.82, 2.24) is 0 Å². The molecule has 532 valence electrons. The fraction of sp³-hybridized carbons (Fsp3) is 0.217. The highest BCUT2D eigenvalue weighted by Crippen LogP contribution is 2.54. The third-order valence-corrected chi connectivity index (χ3v) is 23.0. The molecule has 0 saturated heterocycles. The lowest BCUT2D eigenvalue weighted by Gasteiger charge is -2.28. The van der Waals surface area contributed by atoms with Crippen molar-refractivity contribution in [1.29, 1.82) is 0 Å². The maximum Gasteiger partial charge on any atom is 0.326 e. The van der Waals surface area contributed by atoms with Crippen molar-refractivity contribution in [3.63, 3.8) is 0 Å². The zero-order valence-electron chi connectivity index (χ0n) is 62.8. The van der Waals surface area contributed by atoms with E-state index in [0.717, 1.165) is 122 Å². The van der Waals surface area contributed by atoms with E-state index >= 15 is 0 Å². The van der Waals surface area contributed by atoms with E-state index in [9.17, 15) is 0 Å². The van der Waals surface area contributed by atoms with Crippen LogP contribution in [0, 0.1) is 27.7 Å². The average Bonchev–Trinajstić information content (AvgIpc) is 0.756. The predicted octanol–water partition coefficient (Wildman–Crippen LogP) is 25.5. The van der Waals surface area contributed by atoms with Gasteiger partial charge in [0, 0.05) is 22.3 Å². The van der Waals surface area contributed by atoms with Crippen molar-refractivity contribution in [3.8, 4) is 68.2 Å². The number of para-hydroxylation sites is 6. The molecule has 0 aliphatic rings. The average molecular weight is 1450 g/mol. The summed E-state index contributed by atoms with van der Waals surface area (Å²) >= 11 is 0. The summed E-state index contributed by atoms with van der Waals surface area (Å²) in [5.74, 6) is 6.22. The minimum atomic E-state index is -1.59.